The lowest BCUT2D eigenvalue weighted by Crippen LogP contribution is -2.11. The minimum absolute atomic E-state index is 0.116. The van der Waals surface area contributed by atoms with Crippen molar-refractivity contribution >= 4 is 11.6 Å². The molecular formula is C16H18ClNO. The molecule has 2 aromatic rings. The molecule has 1 heterocycles. The topological polar surface area (TPSA) is 22.1 Å². The Morgan fingerprint density at radius 1 is 1.16 bits per heavy atom. The number of halogens is 1. The summed E-state index contributed by atoms with van der Waals surface area (Å²) in [5.41, 5.74) is 2.26. The number of nitrogens with zero attached hydrogens (tertiary/aromatic N) is 1. The van der Waals surface area contributed by atoms with Crippen LogP contribution in [0.4, 0.5) is 0 Å². The molecule has 0 spiro atoms. The fourth-order valence-electron chi connectivity index (χ4n) is 1.74. The molecule has 0 aliphatic carbocycles. The van der Waals surface area contributed by atoms with Gasteiger partial charge in [0.05, 0.1) is 0 Å². The monoisotopic (exact) mass is 275 g/mol. The van der Waals surface area contributed by atoms with Crippen LogP contribution in [0.1, 0.15) is 31.9 Å². The Morgan fingerprint density at radius 2 is 1.95 bits per heavy atom. The second-order valence-electron chi connectivity index (χ2n) is 5.52. The Hall–Kier alpha value is -1.54. The van der Waals surface area contributed by atoms with E-state index in [9.17, 15) is 0 Å². The van der Waals surface area contributed by atoms with Gasteiger partial charge >= 0.3 is 0 Å². The van der Waals surface area contributed by atoms with Gasteiger partial charge in [-0.3, -0.25) is 0 Å². The highest BCUT2D eigenvalue weighted by atomic mass is 35.5. The summed E-state index contributed by atoms with van der Waals surface area (Å²) in [4.78, 5) is 4.03. The van der Waals surface area contributed by atoms with Gasteiger partial charge in [-0.05, 0) is 29.2 Å². The van der Waals surface area contributed by atoms with E-state index < -0.39 is 0 Å². The summed E-state index contributed by atoms with van der Waals surface area (Å²) < 4.78 is 5.78. The first-order chi connectivity index (χ1) is 8.97. The normalized spacial score (nSPS) is 11.4. The summed E-state index contributed by atoms with van der Waals surface area (Å²) in [6, 6.07) is 11.9. The summed E-state index contributed by atoms with van der Waals surface area (Å²) in [7, 11) is 0. The van der Waals surface area contributed by atoms with E-state index >= 15 is 0 Å². The van der Waals surface area contributed by atoms with Crippen molar-refractivity contribution in [1.29, 1.82) is 0 Å². The molecule has 0 aliphatic rings. The first-order valence-electron chi connectivity index (χ1n) is 6.29. The largest absolute Gasteiger partial charge is 0.489 e. The lowest BCUT2D eigenvalue weighted by molar-refractivity contribution is 0.305. The third kappa shape index (κ3) is 3.71. The fourth-order valence-corrected chi connectivity index (χ4v) is 1.91. The average Bonchev–Trinajstić information content (AvgIpc) is 2.37. The van der Waals surface area contributed by atoms with Gasteiger partial charge in [-0.1, -0.05) is 50.6 Å². The number of aromatic nitrogens is 1. The summed E-state index contributed by atoms with van der Waals surface area (Å²) in [6.07, 6.45) is 1.67. The molecule has 2 rings (SSSR count). The minimum Gasteiger partial charge on any atom is -0.489 e. The number of rotatable bonds is 3. The first-order valence-corrected chi connectivity index (χ1v) is 6.67. The predicted octanol–water partition coefficient (Wildman–Crippen LogP) is 4.61. The molecule has 0 radical (unpaired) electrons. The van der Waals surface area contributed by atoms with Gasteiger partial charge in [-0.15, -0.1) is 0 Å². The van der Waals surface area contributed by atoms with Crippen LogP contribution < -0.4 is 4.74 Å². The summed E-state index contributed by atoms with van der Waals surface area (Å²) >= 11 is 6.00. The molecule has 0 atom stereocenters. The third-order valence-corrected chi connectivity index (χ3v) is 3.27. The summed E-state index contributed by atoms with van der Waals surface area (Å²) in [5, 5.41) is 0.495. The minimum atomic E-state index is 0.116. The lowest BCUT2D eigenvalue weighted by Gasteiger charge is -2.19. The highest BCUT2D eigenvalue weighted by Gasteiger charge is 2.14. The predicted molar refractivity (Wildman–Crippen MR) is 78.7 cm³/mol. The van der Waals surface area contributed by atoms with Gasteiger partial charge < -0.3 is 4.74 Å². The van der Waals surface area contributed by atoms with E-state index in [1.807, 2.05) is 24.3 Å². The molecule has 0 amide bonds. The van der Waals surface area contributed by atoms with E-state index in [1.165, 1.54) is 5.56 Å². The SMILES string of the molecule is CC(C)(C)c1cccc(OCc2cccnc2Cl)c1. The molecule has 0 saturated heterocycles. The standard InChI is InChI=1S/C16H18ClNO/c1-16(2,3)13-7-4-8-14(10-13)19-11-12-6-5-9-18-15(12)17/h4-10H,11H2,1-3H3. The van der Waals surface area contributed by atoms with Gasteiger partial charge in [0.15, 0.2) is 0 Å². The zero-order chi connectivity index (χ0) is 13.9. The van der Waals surface area contributed by atoms with Crippen molar-refractivity contribution in [2.45, 2.75) is 32.8 Å². The van der Waals surface area contributed by atoms with E-state index in [2.05, 4.69) is 37.9 Å². The average molecular weight is 276 g/mol. The quantitative estimate of drug-likeness (QED) is 0.763. The molecule has 19 heavy (non-hydrogen) atoms. The number of hydrogen-bond acceptors (Lipinski definition) is 2. The smallest absolute Gasteiger partial charge is 0.135 e. The summed E-state index contributed by atoms with van der Waals surface area (Å²) in [6.45, 7) is 6.98. The van der Waals surface area contributed by atoms with Crippen molar-refractivity contribution in [3.8, 4) is 5.75 Å². The van der Waals surface area contributed by atoms with Gasteiger partial charge in [-0.25, -0.2) is 4.98 Å². The molecule has 0 aliphatic heterocycles. The van der Waals surface area contributed by atoms with E-state index in [0.29, 0.717) is 11.8 Å². The maximum absolute atomic E-state index is 6.00. The van der Waals surface area contributed by atoms with Gasteiger partial charge in [0, 0.05) is 11.8 Å². The van der Waals surface area contributed by atoms with Crippen LogP contribution in [0.3, 0.4) is 0 Å². The molecule has 1 aromatic carbocycles. The molecule has 1 aromatic heterocycles. The zero-order valence-electron chi connectivity index (χ0n) is 11.5. The van der Waals surface area contributed by atoms with Crippen molar-refractivity contribution in [3.63, 3.8) is 0 Å². The molecule has 0 bridgehead atoms. The molecule has 0 unspecified atom stereocenters. The Bertz CT molecular complexity index is 561. The second kappa shape index (κ2) is 5.62. The van der Waals surface area contributed by atoms with Gasteiger partial charge in [0.2, 0.25) is 0 Å². The van der Waals surface area contributed by atoms with Crippen LogP contribution in [-0.2, 0) is 12.0 Å². The maximum atomic E-state index is 6.00. The van der Waals surface area contributed by atoms with E-state index in [4.69, 9.17) is 16.3 Å². The molecule has 0 N–H and O–H groups in total. The molecule has 2 nitrogen and oxygen atoms in total. The van der Waals surface area contributed by atoms with Crippen molar-refractivity contribution in [2.75, 3.05) is 0 Å². The Kier molecular flexibility index (Phi) is 4.11. The van der Waals surface area contributed by atoms with Crippen LogP contribution in [0.5, 0.6) is 5.75 Å². The van der Waals surface area contributed by atoms with Gasteiger partial charge in [-0.2, -0.15) is 0 Å². The van der Waals surface area contributed by atoms with Gasteiger partial charge in [0.25, 0.3) is 0 Å². The fraction of sp³-hybridized carbons (Fsp3) is 0.312. The highest BCUT2D eigenvalue weighted by Crippen LogP contribution is 2.26. The van der Waals surface area contributed by atoms with Gasteiger partial charge in [0.1, 0.15) is 17.5 Å². The van der Waals surface area contributed by atoms with Crippen molar-refractivity contribution in [3.05, 3.63) is 58.9 Å². The van der Waals surface area contributed by atoms with Crippen LogP contribution in [0.2, 0.25) is 5.15 Å². The van der Waals surface area contributed by atoms with Crippen LogP contribution in [0.25, 0.3) is 0 Å². The van der Waals surface area contributed by atoms with Crippen LogP contribution in [0.15, 0.2) is 42.6 Å². The maximum Gasteiger partial charge on any atom is 0.135 e. The third-order valence-electron chi connectivity index (χ3n) is 2.93. The zero-order valence-corrected chi connectivity index (χ0v) is 12.2. The second-order valence-corrected chi connectivity index (χ2v) is 5.88. The van der Waals surface area contributed by atoms with E-state index in [0.717, 1.165) is 11.3 Å². The number of pyridine rings is 1. The lowest BCUT2D eigenvalue weighted by atomic mass is 9.87. The van der Waals surface area contributed by atoms with E-state index in [-0.39, 0.29) is 5.41 Å². The molecule has 0 saturated carbocycles. The Balaban J connectivity index is 2.10. The van der Waals surface area contributed by atoms with E-state index in [1.54, 1.807) is 6.20 Å². The Morgan fingerprint density at radius 3 is 2.63 bits per heavy atom. The summed E-state index contributed by atoms with van der Waals surface area (Å²) in [5.74, 6) is 0.854. The number of hydrogen-bond donors (Lipinski definition) is 0. The van der Waals surface area contributed by atoms with Crippen LogP contribution in [-0.4, -0.2) is 4.98 Å². The van der Waals surface area contributed by atoms with Crippen molar-refractivity contribution < 1.29 is 4.74 Å². The van der Waals surface area contributed by atoms with Crippen LogP contribution >= 0.6 is 11.6 Å². The van der Waals surface area contributed by atoms with Crippen molar-refractivity contribution in [1.82, 2.24) is 4.98 Å². The number of ether oxygens (including phenoxy) is 1. The number of benzene rings is 1. The van der Waals surface area contributed by atoms with Crippen LogP contribution in [0, 0.1) is 0 Å². The molecule has 100 valence electrons. The molecule has 0 fully saturated rings. The van der Waals surface area contributed by atoms with Crippen molar-refractivity contribution in [2.24, 2.45) is 0 Å². The first kappa shape index (κ1) is 13.9. The molecule has 3 heteroatoms. The Labute approximate surface area is 119 Å². The molecular weight excluding hydrogens is 258 g/mol. The highest BCUT2D eigenvalue weighted by molar-refractivity contribution is 6.30.